The molecule has 0 saturated carbocycles. The lowest BCUT2D eigenvalue weighted by atomic mass is 9.99. The van der Waals surface area contributed by atoms with E-state index in [-0.39, 0.29) is 5.91 Å². The minimum absolute atomic E-state index is 0.0259. The van der Waals surface area contributed by atoms with Crippen molar-refractivity contribution in [3.8, 4) is 11.5 Å². The summed E-state index contributed by atoms with van der Waals surface area (Å²) in [7, 11) is 3.33. The standard InChI is InChI=1S/C21H27N3O3/c1-26-19-12-16-8-10-24(15-17(16)13-20(19)27-2)11-9-22-14-21(25)23-18-6-4-3-5-7-18/h3-7,12-13,22H,8-11,14-15H2,1-2H3,(H,23,25). The molecular weight excluding hydrogens is 342 g/mol. The molecule has 6 nitrogen and oxygen atoms in total. The number of hydrogen-bond acceptors (Lipinski definition) is 5. The summed E-state index contributed by atoms with van der Waals surface area (Å²) in [5.41, 5.74) is 3.42. The molecular formula is C21H27N3O3. The van der Waals surface area contributed by atoms with E-state index in [4.69, 9.17) is 9.47 Å². The Bertz CT molecular complexity index is 765. The number of nitrogens with one attached hydrogen (secondary N) is 2. The lowest BCUT2D eigenvalue weighted by Crippen LogP contribution is -2.38. The van der Waals surface area contributed by atoms with Gasteiger partial charge < -0.3 is 20.1 Å². The summed E-state index contributed by atoms with van der Waals surface area (Å²) in [5.74, 6) is 1.53. The van der Waals surface area contributed by atoms with Crippen LogP contribution in [0.5, 0.6) is 11.5 Å². The highest BCUT2D eigenvalue weighted by Gasteiger charge is 2.19. The number of methoxy groups -OCH3 is 2. The molecule has 27 heavy (non-hydrogen) atoms. The fourth-order valence-corrected chi connectivity index (χ4v) is 3.30. The van der Waals surface area contributed by atoms with Crippen molar-refractivity contribution in [1.29, 1.82) is 0 Å². The van der Waals surface area contributed by atoms with Crippen molar-refractivity contribution in [1.82, 2.24) is 10.2 Å². The van der Waals surface area contributed by atoms with Gasteiger partial charge in [0, 0.05) is 31.9 Å². The first kappa shape index (κ1) is 19.2. The van der Waals surface area contributed by atoms with Crippen LogP contribution in [0, 0.1) is 0 Å². The smallest absolute Gasteiger partial charge is 0.238 e. The second-order valence-corrected chi connectivity index (χ2v) is 6.59. The molecule has 1 amide bonds. The fourth-order valence-electron chi connectivity index (χ4n) is 3.30. The molecule has 1 heterocycles. The van der Waals surface area contributed by atoms with Crippen LogP contribution in [0.1, 0.15) is 11.1 Å². The van der Waals surface area contributed by atoms with Crippen LogP contribution in [-0.4, -0.2) is 51.2 Å². The Morgan fingerprint density at radius 3 is 2.48 bits per heavy atom. The molecule has 6 heteroatoms. The molecule has 0 radical (unpaired) electrons. The average Bonchev–Trinajstić information content (AvgIpc) is 2.70. The van der Waals surface area contributed by atoms with Crippen molar-refractivity contribution >= 4 is 11.6 Å². The molecule has 0 aromatic heterocycles. The summed E-state index contributed by atoms with van der Waals surface area (Å²) in [5, 5.41) is 6.10. The van der Waals surface area contributed by atoms with Gasteiger partial charge in [0.2, 0.25) is 5.91 Å². The largest absolute Gasteiger partial charge is 0.493 e. The molecule has 0 bridgehead atoms. The van der Waals surface area contributed by atoms with Crippen LogP contribution < -0.4 is 20.1 Å². The summed E-state index contributed by atoms with van der Waals surface area (Å²) in [6.07, 6.45) is 0.990. The van der Waals surface area contributed by atoms with E-state index in [1.54, 1.807) is 14.2 Å². The molecule has 2 aromatic carbocycles. The number of amides is 1. The monoisotopic (exact) mass is 369 g/mol. The summed E-state index contributed by atoms with van der Waals surface area (Å²) < 4.78 is 10.8. The minimum atomic E-state index is -0.0259. The molecule has 0 saturated heterocycles. The molecule has 1 aliphatic heterocycles. The Morgan fingerprint density at radius 1 is 1.07 bits per heavy atom. The SMILES string of the molecule is COc1cc2c(cc1OC)CN(CCNCC(=O)Nc1ccccc1)CC2. The number of rotatable bonds is 8. The first-order valence-corrected chi connectivity index (χ1v) is 9.21. The maximum absolute atomic E-state index is 11.9. The Labute approximate surface area is 160 Å². The predicted molar refractivity (Wildman–Crippen MR) is 106 cm³/mol. The number of anilines is 1. The first-order chi connectivity index (χ1) is 13.2. The minimum Gasteiger partial charge on any atom is -0.493 e. The number of fused-ring (bicyclic) bond motifs is 1. The van der Waals surface area contributed by atoms with Crippen LogP contribution in [0.25, 0.3) is 0 Å². The van der Waals surface area contributed by atoms with Gasteiger partial charge in [0.25, 0.3) is 0 Å². The van der Waals surface area contributed by atoms with E-state index in [9.17, 15) is 4.79 Å². The maximum atomic E-state index is 11.9. The van der Waals surface area contributed by atoms with Gasteiger partial charge in [-0.05, 0) is 41.8 Å². The molecule has 3 rings (SSSR count). The van der Waals surface area contributed by atoms with Crippen LogP contribution >= 0.6 is 0 Å². The zero-order chi connectivity index (χ0) is 19.1. The second-order valence-electron chi connectivity index (χ2n) is 6.59. The second kappa shape index (κ2) is 9.39. The first-order valence-electron chi connectivity index (χ1n) is 9.21. The average molecular weight is 369 g/mol. The van der Waals surface area contributed by atoms with Crippen molar-refractivity contribution in [2.24, 2.45) is 0 Å². The normalized spacial score (nSPS) is 13.7. The van der Waals surface area contributed by atoms with Crippen molar-refractivity contribution in [3.63, 3.8) is 0 Å². The molecule has 0 aliphatic carbocycles. The van der Waals surface area contributed by atoms with Crippen LogP contribution in [-0.2, 0) is 17.8 Å². The third-order valence-electron chi connectivity index (χ3n) is 4.75. The number of benzene rings is 2. The van der Waals surface area contributed by atoms with E-state index in [1.165, 1.54) is 11.1 Å². The maximum Gasteiger partial charge on any atom is 0.238 e. The van der Waals surface area contributed by atoms with Gasteiger partial charge in [0.15, 0.2) is 11.5 Å². The van der Waals surface area contributed by atoms with Gasteiger partial charge >= 0.3 is 0 Å². The Hall–Kier alpha value is -2.57. The quantitative estimate of drug-likeness (QED) is 0.699. The summed E-state index contributed by atoms with van der Waals surface area (Å²) in [6, 6.07) is 13.7. The van der Waals surface area contributed by atoms with E-state index in [1.807, 2.05) is 30.3 Å². The number of carbonyl (C=O) groups is 1. The Balaban J connectivity index is 1.43. The molecule has 2 aromatic rings. The third-order valence-corrected chi connectivity index (χ3v) is 4.75. The number of para-hydroxylation sites is 1. The Morgan fingerprint density at radius 2 is 1.78 bits per heavy atom. The zero-order valence-electron chi connectivity index (χ0n) is 16.0. The molecule has 0 spiro atoms. The van der Waals surface area contributed by atoms with Crippen molar-refractivity contribution in [2.75, 3.05) is 45.7 Å². The van der Waals surface area contributed by atoms with Crippen LogP contribution in [0.15, 0.2) is 42.5 Å². The van der Waals surface area contributed by atoms with Crippen LogP contribution in [0.2, 0.25) is 0 Å². The van der Waals surface area contributed by atoms with Crippen molar-refractivity contribution < 1.29 is 14.3 Å². The lowest BCUT2D eigenvalue weighted by molar-refractivity contribution is -0.115. The molecule has 0 atom stereocenters. The van der Waals surface area contributed by atoms with E-state index in [0.29, 0.717) is 6.54 Å². The highest BCUT2D eigenvalue weighted by Crippen LogP contribution is 2.33. The Kier molecular flexibility index (Phi) is 6.68. The summed E-state index contributed by atoms with van der Waals surface area (Å²) >= 11 is 0. The van der Waals surface area contributed by atoms with Crippen LogP contribution in [0.4, 0.5) is 5.69 Å². The lowest BCUT2D eigenvalue weighted by Gasteiger charge is -2.29. The fraction of sp³-hybridized carbons (Fsp3) is 0.381. The number of nitrogens with zero attached hydrogens (tertiary/aromatic N) is 1. The number of ether oxygens (including phenoxy) is 2. The van der Waals surface area contributed by atoms with E-state index < -0.39 is 0 Å². The van der Waals surface area contributed by atoms with Gasteiger partial charge in [0.05, 0.1) is 20.8 Å². The highest BCUT2D eigenvalue weighted by molar-refractivity contribution is 5.92. The van der Waals surface area contributed by atoms with E-state index in [2.05, 4.69) is 27.7 Å². The zero-order valence-corrected chi connectivity index (χ0v) is 16.0. The third kappa shape index (κ3) is 5.21. The topological polar surface area (TPSA) is 62.8 Å². The van der Waals surface area contributed by atoms with Crippen molar-refractivity contribution in [2.45, 2.75) is 13.0 Å². The predicted octanol–water partition coefficient (Wildman–Crippen LogP) is 2.29. The van der Waals surface area contributed by atoms with E-state index >= 15 is 0 Å². The van der Waals surface area contributed by atoms with Gasteiger partial charge in [0.1, 0.15) is 0 Å². The highest BCUT2D eigenvalue weighted by atomic mass is 16.5. The number of hydrogen-bond donors (Lipinski definition) is 2. The summed E-state index contributed by atoms with van der Waals surface area (Å²) in [6.45, 7) is 3.86. The molecule has 144 valence electrons. The van der Waals surface area contributed by atoms with Gasteiger partial charge in [-0.3, -0.25) is 9.69 Å². The van der Waals surface area contributed by atoms with Gasteiger partial charge in [-0.1, -0.05) is 18.2 Å². The molecule has 2 N–H and O–H groups in total. The van der Waals surface area contributed by atoms with Crippen molar-refractivity contribution in [3.05, 3.63) is 53.6 Å². The van der Waals surface area contributed by atoms with Gasteiger partial charge in [-0.25, -0.2) is 0 Å². The molecule has 0 unspecified atom stereocenters. The number of carbonyl (C=O) groups excluding carboxylic acids is 1. The molecule has 0 fully saturated rings. The van der Waals surface area contributed by atoms with E-state index in [0.717, 1.165) is 49.8 Å². The van der Waals surface area contributed by atoms with Gasteiger partial charge in [-0.2, -0.15) is 0 Å². The van der Waals surface area contributed by atoms with Crippen LogP contribution in [0.3, 0.4) is 0 Å². The summed E-state index contributed by atoms with van der Waals surface area (Å²) in [4.78, 5) is 14.3. The van der Waals surface area contributed by atoms with Gasteiger partial charge in [-0.15, -0.1) is 0 Å². The molecule has 1 aliphatic rings.